The van der Waals surface area contributed by atoms with Gasteiger partial charge in [-0.15, -0.1) is 0 Å². The van der Waals surface area contributed by atoms with Crippen molar-refractivity contribution in [3.63, 3.8) is 0 Å². The molecule has 2 rings (SSSR count). The van der Waals surface area contributed by atoms with Crippen LogP contribution in [-0.4, -0.2) is 16.2 Å². The minimum atomic E-state index is -0.332. The van der Waals surface area contributed by atoms with Crippen LogP contribution < -0.4 is 11.0 Å². The first-order chi connectivity index (χ1) is 9.06. The fourth-order valence-corrected chi connectivity index (χ4v) is 1.45. The Balaban J connectivity index is 2.13. The molecule has 0 unspecified atom stereocenters. The molecule has 19 heavy (non-hydrogen) atoms. The summed E-state index contributed by atoms with van der Waals surface area (Å²) in [6.45, 7) is 3.44. The number of rotatable bonds is 3. The molecular weight excluding hydrogens is 247 g/mol. The molecule has 1 heterocycles. The van der Waals surface area contributed by atoms with Crippen LogP contribution in [0.3, 0.4) is 0 Å². The van der Waals surface area contributed by atoms with Gasteiger partial charge >= 0.3 is 0 Å². The summed E-state index contributed by atoms with van der Waals surface area (Å²) in [6, 6.07) is 6.01. The van der Waals surface area contributed by atoms with Crippen LogP contribution in [0.25, 0.3) is 0 Å². The largest absolute Gasteiger partial charge is 0.291 e. The van der Waals surface area contributed by atoms with E-state index in [4.69, 9.17) is 0 Å². The van der Waals surface area contributed by atoms with Gasteiger partial charge in [-0.3, -0.25) is 9.78 Å². The van der Waals surface area contributed by atoms with Crippen molar-refractivity contribution in [3.05, 3.63) is 57.3 Å². The van der Waals surface area contributed by atoms with Gasteiger partial charge < -0.3 is 0 Å². The normalized spacial score (nSPS) is 10.9. The van der Waals surface area contributed by atoms with Crippen molar-refractivity contribution in [2.24, 2.45) is 5.10 Å². The first kappa shape index (κ1) is 12.9. The molecule has 0 aliphatic carbocycles. The van der Waals surface area contributed by atoms with Gasteiger partial charge in [-0.05, 0) is 31.5 Å². The molecule has 0 fully saturated rings. The summed E-state index contributed by atoms with van der Waals surface area (Å²) in [7, 11) is 0. The molecule has 98 valence electrons. The second kappa shape index (κ2) is 5.43. The molecule has 0 saturated carbocycles. The lowest BCUT2D eigenvalue weighted by molar-refractivity contribution is 0.627. The summed E-state index contributed by atoms with van der Waals surface area (Å²) < 4.78 is 12.9. The molecule has 6 heteroatoms. The van der Waals surface area contributed by atoms with E-state index in [1.165, 1.54) is 18.3 Å². The number of aromatic amines is 1. The van der Waals surface area contributed by atoms with Gasteiger partial charge in [0.2, 0.25) is 5.95 Å². The summed E-state index contributed by atoms with van der Waals surface area (Å²) >= 11 is 0. The standard InChI is InChI=1S/C13H13FN4O/c1-8-9(2)16-13(17-12(8)19)18-15-7-10-4-3-5-11(14)6-10/h3-7H,1-2H3,(H2,16,17,18,19)/b15-7-. The number of benzene rings is 1. The number of aryl methyl sites for hydroxylation is 1. The third-order valence-corrected chi connectivity index (χ3v) is 2.63. The van der Waals surface area contributed by atoms with E-state index >= 15 is 0 Å². The molecule has 2 aromatic rings. The highest BCUT2D eigenvalue weighted by Crippen LogP contribution is 2.02. The molecule has 0 bridgehead atoms. The van der Waals surface area contributed by atoms with Gasteiger partial charge in [0, 0.05) is 11.3 Å². The van der Waals surface area contributed by atoms with Crippen molar-refractivity contribution in [2.45, 2.75) is 13.8 Å². The van der Waals surface area contributed by atoms with Crippen LogP contribution in [0.15, 0.2) is 34.2 Å². The molecule has 0 spiro atoms. The second-order valence-electron chi connectivity index (χ2n) is 4.05. The monoisotopic (exact) mass is 260 g/mol. The maximum Gasteiger partial charge on any atom is 0.255 e. The number of hydrazone groups is 1. The van der Waals surface area contributed by atoms with Crippen LogP contribution in [0, 0.1) is 19.7 Å². The van der Waals surface area contributed by atoms with Crippen molar-refractivity contribution in [1.29, 1.82) is 0 Å². The Labute approximate surface area is 109 Å². The fourth-order valence-electron chi connectivity index (χ4n) is 1.45. The van der Waals surface area contributed by atoms with E-state index in [9.17, 15) is 9.18 Å². The van der Waals surface area contributed by atoms with Crippen LogP contribution in [0.4, 0.5) is 10.3 Å². The molecule has 0 atom stereocenters. The smallest absolute Gasteiger partial charge is 0.255 e. The average molecular weight is 260 g/mol. The summed E-state index contributed by atoms with van der Waals surface area (Å²) in [5.74, 6) is -0.0811. The van der Waals surface area contributed by atoms with Crippen molar-refractivity contribution in [3.8, 4) is 0 Å². The predicted octanol–water partition coefficient (Wildman–Crippen LogP) is 1.97. The van der Waals surface area contributed by atoms with Crippen molar-refractivity contribution >= 4 is 12.2 Å². The number of halogens is 1. The summed E-state index contributed by atoms with van der Waals surface area (Å²) in [6.07, 6.45) is 1.44. The lowest BCUT2D eigenvalue weighted by atomic mass is 10.2. The van der Waals surface area contributed by atoms with E-state index in [0.29, 0.717) is 16.8 Å². The molecule has 0 aliphatic heterocycles. The Bertz CT molecular complexity index is 679. The van der Waals surface area contributed by atoms with E-state index in [1.807, 2.05) is 0 Å². The molecule has 0 radical (unpaired) electrons. The quantitative estimate of drug-likeness (QED) is 0.654. The summed E-state index contributed by atoms with van der Waals surface area (Å²) in [4.78, 5) is 18.2. The van der Waals surface area contributed by atoms with Crippen molar-refractivity contribution in [2.75, 3.05) is 5.43 Å². The second-order valence-corrected chi connectivity index (χ2v) is 4.05. The number of nitrogens with one attached hydrogen (secondary N) is 2. The van der Waals surface area contributed by atoms with Gasteiger partial charge in [0.15, 0.2) is 0 Å². The maximum atomic E-state index is 12.9. The van der Waals surface area contributed by atoms with Crippen LogP contribution in [0.1, 0.15) is 16.8 Å². The third-order valence-electron chi connectivity index (χ3n) is 2.63. The number of hydrogen-bond acceptors (Lipinski definition) is 4. The SMILES string of the molecule is Cc1nc(N/N=C\c2cccc(F)c2)[nH]c(=O)c1C. The topological polar surface area (TPSA) is 70.1 Å². The molecule has 2 N–H and O–H groups in total. The van der Waals surface area contributed by atoms with Crippen LogP contribution in [0.5, 0.6) is 0 Å². The lowest BCUT2D eigenvalue weighted by Crippen LogP contribution is -2.15. The lowest BCUT2D eigenvalue weighted by Gasteiger charge is -2.02. The van der Waals surface area contributed by atoms with E-state index in [-0.39, 0.29) is 17.3 Å². The van der Waals surface area contributed by atoms with Gasteiger partial charge in [-0.2, -0.15) is 5.10 Å². The molecule has 1 aromatic carbocycles. The Morgan fingerprint density at radius 1 is 1.42 bits per heavy atom. The highest BCUT2D eigenvalue weighted by Gasteiger charge is 2.01. The van der Waals surface area contributed by atoms with Gasteiger partial charge in [0.05, 0.1) is 6.21 Å². The number of aromatic nitrogens is 2. The van der Waals surface area contributed by atoms with Gasteiger partial charge in [-0.1, -0.05) is 12.1 Å². The Kier molecular flexibility index (Phi) is 3.70. The molecule has 0 amide bonds. The van der Waals surface area contributed by atoms with Crippen molar-refractivity contribution < 1.29 is 4.39 Å². The predicted molar refractivity (Wildman–Crippen MR) is 71.9 cm³/mol. The molecule has 5 nitrogen and oxygen atoms in total. The summed E-state index contributed by atoms with van der Waals surface area (Å²) in [5.41, 5.74) is 4.20. The minimum Gasteiger partial charge on any atom is -0.291 e. The number of anilines is 1. The Hall–Kier alpha value is -2.50. The third kappa shape index (κ3) is 3.25. The van der Waals surface area contributed by atoms with Crippen LogP contribution in [0.2, 0.25) is 0 Å². The Morgan fingerprint density at radius 3 is 2.89 bits per heavy atom. The molecule has 1 aromatic heterocycles. The van der Waals surface area contributed by atoms with Gasteiger partial charge in [0.1, 0.15) is 5.82 Å². The zero-order chi connectivity index (χ0) is 13.8. The minimum absolute atomic E-state index is 0.212. The number of nitrogens with zero attached hydrogens (tertiary/aromatic N) is 2. The zero-order valence-electron chi connectivity index (χ0n) is 10.6. The van der Waals surface area contributed by atoms with Gasteiger partial charge in [-0.25, -0.2) is 14.8 Å². The number of hydrogen-bond donors (Lipinski definition) is 2. The zero-order valence-corrected chi connectivity index (χ0v) is 10.6. The molecule has 0 aliphatic rings. The van der Waals surface area contributed by atoms with Crippen molar-refractivity contribution in [1.82, 2.24) is 9.97 Å². The van der Waals surface area contributed by atoms with E-state index in [1.54, 1.807) is 26.0 Å². The van der Waals surface area contributed by atoms with Crippen LogP contribution in [-0.2, 0) is 0 Å². The highest BCUT2D eigenvalue weighted by atomic mass is 19.1. The van der Waals surface area contributed by atoms with E-state index < -0.39 is 0 Å². The van der Waals surface area contributed by atoms with E-state index in [2.05, 4.69) is 20.5 Å². The highest BCUT2D eigenvalue weighted by molar-refractivity contribution is 5.79. The molecular formula is C13H13FN4O. The maximum absolute atomic E-state index is 12.9. The molecule has 0 saturated heterocycles. The van der Waals surface area contributed by atoms with Gasteiger partial charge in [0.25, 0.3) is 5.56 Å². The first-order valence-electron chi connectivity index (χ1n) is 5.68. The average Bonchev–Trinajstić information content (AvgIpc) is 2.36. The fraction of sp³-hybridized carbons (Fsp3) is 0.154. The first-order valence-corrected chi connectivity index (χ1v) is 5.68. The Morgan fingerprint density at radius 2 is 2.21 bits per heavy atom. The van der Waals surface area contributed by atoms with E-state index in [0.717, 1.165) is 0 Å². The summed E-state index contributed by atoms with van der Waals surface area (Å²) in [5, 5.41) is 3.89. The number of H-pyrrole nitrogens is 1. The van der Waals surface area contributed by atoms with Crippen LogP contribution >= 0.6 is 0 Å².